The lowest BCUT2D eigenvalue weighted by Crippen LogP contribution is -2.31. The highest BCUT2D eigenvalue weighted by atomic mass is 31.0. The minimum Gasteiger partial charge on any atom is -0.491 e. The molecule has 0 heterocycles. The number of benzene rings is 1. The number of rotatable bonds is 6. The fraction of sp³-hybridized carbons (Fsp3) is 0.600. The van der Waals surface area contributed by atoms with Gasteiger partial charge in [0, 0.05) is 6.54 Å². The van der Waals surface area contributed by atoms with E-state index >= 15 is 0 Å². The van der Waals surface area contributed by atoms with E-state index in [1.165, 1.54) is 16.4 Å². The summed E-state index contributed by atoms with van der Waals surface area (Å²) in [7, 11) is 2.81. The number of aliphatic hydroxyl groups excluding tert-OH is 1. The maximum absolute atomic E-state index is 9.81. The summed E-state index contributed by atoms with van der Waals surface area (Å²) in [5, 5.41) is 14.2. The molecule has 2 N–H and O–H groups in total. The predicted molar refractivity (Wildman–Crippen MR) is 82.4 cm³/mol. The van der Waals surface area contributed by atoms with Crippen molar-refractivity contribution >= 4 is 14.5 Å². The Hall–Kier alpha value is -0.630. The van der Waals surface area contributed by atoms with Gasteiger partial charge in [0.05, 0.1) is 0 Å². The minimum absolute atomic E-state index is 0.351. The molecule has 0 radical (unpaired) electrons. The molecule has 0 spiro atoms. The Balaban J connectivity index is 2.00. The second-order valence-corrected chi connectivity index (χ2v) is 6.02. The molecular weight excluding hydrogens is 257 g/mol. The van der Waals surface area contributed by atoms with Crippen LogP contribution >= 0.6 is 9.24 Å². The van der Waals surface area contributed by atoms with Crippen molar-refractivity contribution < 1.29 is 9.84 Å². The molecule has 4 heteroatoms. The average molecular weight is 281 g/mol. The van der Waals surface area contributed by atoms with Crippen molar-refractivity contribution in [2.75, 3.05) is 19.7 Å². The lowest BCUT2D eigenvalue weighted by molar-refractivity contribution is 0.106. The Morgan fingerprint density at radius 1 is 1.42 bits per heavy atom. The van der Waals surface area contributed by atoms with Crippen LogP contribution in [-0.2, 0) is 12.8 Å². The van der Waals surface area contributed by atoms with Gasteiger partial charge in [0.15, 0.2) is 0 Å². The molecule has 106 valence electrons. The summed E-state index contributed by atoms with van der Waals surface area (Å²) in [6.07, 6.45) is 1.76. The van der Waals surface area contributed by atoms with Crippen LogP contribution in [0.2, 0.25) is 0 Å². The number of ether oxygens (including phenoxy) is 1. The van der Waals surface area contributed by atoms with Crippen LogP contribution in [0.25, 0.3) is 0 Å². The number of fused-ring (bicyclic) bond motifs is 1. The molecule has 1 aliphatic rings. The van der Waals surface area contributed by atoms with Crippen molar-refractivity contribution in [3.8, 4) is 5.75 Å². The largest absolute Gasteiger partial charge is 0.491 e. The predicted octanol–water partition coefficient (Wildman–Crippen LogP) is 1.27. The second kappa shape index (κ2) is 6.69. The van der Waals surface area contributed by atoms with E-state index < -0.39 is 6.10 Å². The molecule has 3 unspecified atom stereocenters. The first kappa shape index (κ1) is 14.8. The van der Waals surface area contributed by atoms with Gasteiger partial charge in [-0.25, -0.2) is 0 Å². The minimum atomic E-state index is -0.454. The zero-order valence-corrected chi connectivity index (χ0v) is 12.9. The SMILES string of the molecule is CCNCC(O)COc1ccc(P)c2c1CC(C)C2. The van der Waals surface area contributed by atoms with E-state index in [9.17, 15) is 5.11 Å². The van der Waals surface area contributed by atoms with Crippen molar-refractivity contribution in [3.63, 3.8) is 0 Å². The molecule has 3 atom stereocenters. The van der Waals surface area contributed by atoms with Gasteiger partial charge in [0.1, 0.15) is 18.5 Å². The van der Waals surface area contributed by atoms with E-state index in [1.54, 1.807) is 0 Å². The summed E-state index contributed by atoms with van der Waals surface area (Å²) in [6.45, 7) is 6.10. The first-order valence-corrected chi connectivity index (χ1v) is 7.61. The Bertz CT molecular complexity index is 436. The van der Waals surface area contributed by atoms with Crippen molar-refractivity contribution in [1.82, 2.24) is 5.32 Å². The molecule has 3 nitrogen and oxygen atoms in total. The van der Waals surface area contributed by atoms with Gasteiger partial charge < -0.3 is 15.2 Å². The number of hydrogen-bond acceptors (Lipinski definition) is 3. The van der Waals surface area contributed by atoms with E-state index in [1.807, 2.05) is 13.0 Å². The average Bonchev–Trinajstić information content (AvgIpc) is 2.78. The third-order valence-corrected chi connectivity index (χ3v) is 4.13. The van der Waals surface area contributed by atoms with E-state index in [2.05, 4.69) is 27.5 Å². The van der Waals surface area contributed by atoms with Gasteiger partial charge in [-0.1, -0.05) is 19.9 Å². The number of nitrogens with one attached hydrogen (secondary N) is 1. The maximum atomic E-state index is 9.81. The lowest BCUT2D eigenvalue weighted by Gasteiger charge is -2.15. The standard InChI is InChI=1S/C15H24NO2P/c1-3-16-8-11(17)9-18-14-4-5-15(19)13-7-10(2)6-12(13)14/h4-5,10-11,16-17H,3,6-9,19H2,1-2H3. The van der Waals surface area contributed by atoms with Crippen LogP contribution in [0.3, 0.4) is 0 Å². The summed E-state index contributed by atoms with van der Waals surface area (Å²) < 4.78 is 5.81. The molecule has 19 heavy (non-hydrogen) atoms. The molecule has 0 aromatic heterocycles. The highest BCUT2D eigenvalue weighted by Crippen LogP contribution is 2.33. The van der Waals surface area contributed by atoms with E-state index in [4.69, 9.17) is 4.74 Å². The normalized spacial score (nSPS) is 19.3. The third-order valence-electron chi connectivity index (χ3n) is 3.59. The Morgan fingerprint density at radius 3 is 2.89 bits per heavy atom. The van der Waals surface area contributed by atoms with Gasteiger partial charge >= 0.3 is 0 Å². The number of likely N-dealkylation sites (N-methyl/N-ethyl adjacent to an activating group) is 1. The fourth-order valence-corrected chi connectivity index (χ4v) is 3.00. The summed E-state index contributed by atoms with van der Waals surface area (Å²) in [6, 6.07) is 4.12. The molecule has 0 aliphatic heterocycles. The molecule has 1 aromatic carbocycles. The second-order valence-electron chi connectivity index (χ2n) is 5.40. The topological polar surface area (TPSA) is 41.5 Å². The molecule has 0 fully saturated rings. The molecule has 1 aromatic rings. The smallest absolute Gasteiger partial charge is 0.122 e. The molecule has 0 bridgehead atoms. The van der Waals surface area contributed by atoms with Crippen LogP contribution < -0.4 is 15.4 Å². The van der Waals surface area contributed by atoms with E-state index in [0.29, 0.717) is 19.1 Å². The van der Waals surface area contributed by atoms with Crippen LogP contribution in [0.5, 0.6) is 5.75 Å². The van der Waals surface area contributed by atoms with Crippen LogP contribution in [0.15, 0.2) is 12.1 Å². The quantitative estimate of drug-likeness (QED) is 0.772. The van der Waals surface area contributed by atoms with Crippen molar-refractivity contribution in [2.45, 2.75) is 32.8 Å². The van der Waals surface area contributed by atoms with E-state index in [0.717, 1.165) is 25.1 Å². The van der Waals surface area contributed by atoms with Gasteiger partial charge in [-0.05, 0) is 47.8 Å². The Labute approximate surface area is 117 Å². The zero-order chi connectivity index (χ0) is 13.8. The highest BCUT2D eigenvalue weighted by Gasteiger charge is 2.23. The monoisotopic (exact) mass is 281 g/mol. The van der Waals surface area contributed by atoms with Gasteiger partial charge in [-0.15, -0.1) is 9.24 Å². The van der Waals surface area contributed by atoms with Crippen LogP contribution in [-0.4, -0.2) is 30.9 Å². The van der Waals surface area contributed by atoms with Gasteiger partial charge in [0.25, 0.3) is 0 Å². The molecule has 0 saturated heterocycles. The Kier molecular flexibility index (Phi) is 5.20. The number of aliphatic hydroxyl groups is 1. The van der Waals surface area contributed by atoms with Gasteiger partial charge in [0.2, 0.25) is 0 Å². The molecule has 0 amide bonds. The van der Waals surface area contributed by atoms with E-state index in [-0.39, 0.29) is 0 Å². The first-order chi connectivity index (χ1) is 9.11. The lowest BCUT2D eigenvalue weighted by atomic mass is 10.1. The Morgan fingerprint density at radius 2 is 2.16 bits per heavy atom. The van der Waals surface area contributed by atoms with Gasteiger partial charge in [-0.3, -0.25) is 0 Å². The summed E-state index contributed by atoms with van der Waals surface area (Å²) in [5.74, 6) is 1.63. The van der Waals surface area contributed by atoms with Gasteiger partial charge in [-0.2, -0.15) is 0 Å². The molecule has 0 saturated carbocycles. The maximum Gasteiger partial charge on any atom is 0.122 e. The number of hydrogen-bond donors (Lipinski definition) is 2. The van der Waals surface area contributed by atoms with Crippen molar-refractivity contribution in [1.29, 1.82) is 0 Å². The molecular formula is C15H24NO2P. The van der Waals surface area contributed by atoms with Crippen LogP contribution in [0.1, 0.15) is 25.0 Å². The zero-order valence-electron chi connectivity index (χ0n) is 11.8. The fourth-order valence-electron chi connectivity index (χ4n) is 2.61. The molecule has 2 rings (SSSR count). The molecule has 1 aliphatic carbocycles. The summed E-state index contributed by atoms with van der Waals surface area (Å²) in [5.41, 5.74) is 2.74. The highest BCUT2D eigenvalue weighted by molar-refractivity contribution is 7.27. The van der Waals surface area contributed by atoms with Crippen molar-refractivity contribution in [2.24, 2.45) is 5.92 Å². The van der Waals surface area contributed by atoms with Crippen LogP contribution in [0.4, 0.5) is 0 Å². The first-order valence-electron chi connectivity index (χ1n) is 7.03. The van der Waals surface area contributed by atoms with Crippen LogP contribution in [0, 0.1) is 5.92 Å². The summed E-state index contributed by atoms with van der Waals surface area (Å²) in [4.78, 5) is 0. The third kappa shape index (κ3) is 3.68. The summed E-state index contributed by atoms with van der Waals surface area (Å²) >= 11 is 0. The van der Waals surface area contributed by atoms with Crippen molar-refractivity contribution in [3.05, 3.63) is 23.3 Å².